The molecule has 0 aromatic carbocycles. The van der Waals surface area contributed by atoms with Gasteiger partial charge in [-0.05, 0) is 0 Å². The van der Waals surface area contributed by atoms with Gasteiger partial charge in [0.1, 0.15) is 0 Å². The molecule has 6 heteroatoms. The van der Waals surface area contributed by atoms with Gasteiger partial charge < -0.3 is 0 Å². The SMILES string of the molecule is CCCCCCCCCCCCCOC(=O)C(CS)N[Se]C(C)=O. The van der Waals surface area contributed by atoms with E-state index >= 15 is 0 Å². The Morgan fingerprint density at radius 1 is 0.958 bits per heavy atom. The molecule has 142 valence electrons. The van der Waals surface area contributed by atoms with Crippen molar-refractivity contribution in [2.45, 2.75) is 90.5 Å². The van der Waals surface area contributed by atoms with E-state index in [4.69, 9.17) is 4.74 Å². The van der Waals surface area contributed by atoms with Gasteiger partial charge in [-0.2, -0.15) is 0 Å². The summed E-state index contributed by atoms with van der Waals surface area (Å²) in [4.78, 5) is 22.8. The third-order valence-corrected chi connectivity index (χ3v) is 5.62. The molecule has 0 aromatic heterocycles. The number of esters is 1. The van der Waals surface area contributed by atoms with E-state index < -0.39 is 6.04 Å². The Morgan fingerprint density at radius 3 is 1.92 bits per heavy atom. The molecule has 0 aliphatic carbocycles. The summed E-state index contributed by atoms with van der Waals surface area (Å²) in [6.45, 7) is 4.23. The van der Waals surface area contributed by atoms with Crippen LogP contribution in [0.1, 0.15) is 84.5 Å². The Bertz CT molecular complexity index is 329. The molecule has 0 aromatic rings. The van der Waals surface area contributed by atoms with Gasteiger partial charge in [-0.25, -0.2) is 0 Å². The van der Waals surface area contributed by atoms with Gasteiger partial charge in [-0.3, -0.25) is 0 Å². The van der Waals surface area contributed by atoms with Crippen LogP contribution in [-0.2, 0) is 14.3 Å². The van der Waals surface area contributed by atoms with E-state index in [2.05, 4.69) is 23.9 Å². The third kappa shape index (κ3) is 15.5. The van der Waals surface area contributed by atoms with Crippen LogP contribution in [0.15, 0.2) is 0 Å². The second-order valence-electron chi connectivity index (χ2n) is 6.15. The number of thiol groups is 1. The minimum absolute atomic E-state index is 0.0625. The zero-order chi connectivity index (χ0) is 18.0. The first kappa shape index (κ1) is 24.0. The first-order valence-corrected chi connectivity index (χ1v) is 11.7. The van der Waals surface area contributed by atoms with E-state index in [-0.39, 0.29) is 25.8 Å². The molecule has 1 unspecified atom stereocenters. The number of hydrogen-bond acceptors (Lipinski definition) is 5. The van der Waals surface area contributed by atoms with Crippen molar-refractivity contribution < 1.29 is 14.3 Å². The zero-order valence-corrected chi connectivity index (χ0v) is 18.0. The average molecular weight is 425 g/mol. The van der Waals surface area contributed by atoms with E-state index in [0.717, 1.165) is 12.8 Å². The minimum atomic E-state index is -0.468. The predicted molar refractivity (Wildman–Crippen MR) is 105 cm³/mol. The molecule has 0 bridgehead atoms. The van der Waals surface area contributed by atoms with Crippen LogP contribution in [0.3, 0.4) is 0 Å². The fourth-order valence-corrected chi connectivity index (χ4v) is 3.89. The Kier molecular flexibility index (Phi) is 17.8. The summed E-state index contributed by atoms with van der Waals surface area (Å²) >= 11 is 3.76. The van der Waals surface area contributed by atoms with Gasteiger partial charge in [0.2, 0.25) is 0 Å². The molecule has 0 spiro atoms. The monoisotopic (exact) mass is 425 g/mol. The summed E-state index contributed by atoms with van der Waals surface area (Å²) in [6.07, 6.45) is 14.0. The summed E-state index contributed by atoms with van der Waals surface area (Å²) in [6, 6.07) is -0.468. The van der Waals surface area contributed by atoms with Gasteiger partial charge in [-0.1, -0.05) is 32.6 Å². The van der Waals surface area contributed by atoms with Crippen LogP contribution in [0.2, 0.25) is 0 Å². The van der Waals surface area contributed by atoms with Gasteiger partial charge in [0.25, 0.3) is 0 Å². The van der Waals surface area contributed by atoms with Crippen LogP contribution in [0.5, 0.6) is 0 Å². The van der Waals surface area contributed by atoms with Gasteiger partial charge in [0, 0.05) is 0 Å². The second-order valence-corrected chi connectivity index (χ2v) is 8.64. The van der Waals surface area contributed by atoms with E-state index in [1.165, 1.54) is 64.7 Å². The predicted octanol–water partition coefficient (Wildman–Crippen LogP) is 3.89. The fraction of sp³-hybridized carbons (Fsp3) is 0.889. The fourth-order valence-electron chi connectivity index (χ4n) is 2.35. The maximum absolute atomic E-state index is 11.8. The molecule has 0 aliphatic rings. The molecule has 1 N–H and O–H groups in total. The molecule has 0 saturated heterocycles. The Hall–Kier alpha value is -0.0305. The Labute approximate surface area is 160 Å². The van der Waals surface area contributed by atoms with Crippen LogP contribution in [0.25, 0.3) is 0 Å². The van der Waals surface area contributed by atoms with Gasteiger partial charge in [0.05, 0.1) is 0 Å². The van der Waals surface area contributed by atoms with Crippen LogP contribution in [0, 0.1) is 0 Å². The molecule has 0 fully saturated rings. The van der Waals surface area contributed by atoms with Crippen molar-refractivity contribution >= 4 is 38.5 Å². The topological polar surface area (TPSA) is 55.4 Å². The molecule has 24 heavy (non-hydrogen) atoms. The van der Waals surface area contributed by atoms with Crippen LogP contribution in [-0.4, -0.2) is 44.2 Å². The molecule has 0 rings (SSSR count). The molecule has 0 radical (unpaired) electrons. The van der Waals surface area contributed by atoms with Gasteiger partial charge in [-0.15, -0.1) is 0 Å². The maximum atomic E-state index is 11.8. The van der Waals surface area contributed by atoms with Crippen molar-refractivity contribution in [1.29, 1.82) is 0 Å². The normalized spacial score (nSPS) is 12.1. The summed E-state index contributed by atoms with van der Waals surface area (Å²) in [5, 5.41) is 0. The molecule has 0 amide bonds. The number of rotatable bonds is 17. The number of carbonyl (C=O) groups excluding carboxylic acids is 2. The quantitative estimate of drug-likeness (QED) is 0.161. The van der Waals surface area contributed by atoms with Crippen LogP contribution >= 0.6 is 12.6 Å². The molecule has 1 atom stereocenters. The van der Waals surface area contributed by atoms with Gasteiger partial charge in [0.15, 0.2) is 0 Å². The zero-order valence-electron chi connectivity index (χ0n) is 15.3. The third-order valence-electron chi connectivity index (χ3n) is 3.80. The van der Waals surface area contributed by atoms with Crippen LogP contribution in [0.4, 0.5) is 0 Å². The molecular weight excluding hydrogens is 389 g/mol. The number of unbranched alkanes of at least 4 members (excludes halogenated alkanes) is 10. The van der Waals surface area contributed by atoms with Gasteiger partial charge >= 0.3 is 127 Å². The summed E-state index contributed by atoms with van der Waals surface area (Å²) in [5.41, 5.74) is 0. The van der Waals surface area contributed by atoms with Crippen molar-refractivity contribution in [3.63, 3.8) is 0 Å². The second kappa shape index (κ2) is 17.8. The standard InChI is InChI=1S/C18H35NO3SSe/c1-3-4-5-6-7-8-9-10-11-12-13-14-22-18(21)17(15-23)19-24-16(2)20/h17,19,23H,3-15H2,1-2H3. The average Bonchev–Trinajstić information content (AvgIpc) is 2.56. The van der Waals surface area contributed by atoms with Crippen molar-refractivity contribution in [1.82, 2.24) is 4.33 Å². The summed E-state index contributed by atoms with van der Waals surface area (Å²) in [5.74, 6) is 0.0618. The number of ether oxygens (including phenoxy) is 1. The van der Waals surface area contributed by atoms with E-state index in [1.54, 1.807) is 0 Å². The number of nitrogens with one attached hydrogen (secondary N) is 1. The number of carbonyl (C=O) groups is 2. The van der Waals surface area contributed by atoms with E-state index in [0.29, 0.717) is 12.4 Å². The Morgan fingerprint density at radius 2 is 1.46 bits per heavy atom. The molecular formula is C18H35NO3SSe. The van der Waals surface area contributed by atoms with Crippen molar-refractivity contribution in [3.05, 3.63) is 0 Å². The van der Waals surface area contributed by atoms with E-state index in [9.17, 15) is 9.59 Å². The molecule has 0 saturated carbocycles. The molecule has 4 nitrogen and oxygen atoms in total. The van der Waals surface area contributed by atoms with Crippen molar-refractivity contribution in [3.8, 4) is 0 Å². The first-order chi connectivity index (χ1) is 11.6. The van der Waals surface area contributed by atoms with Crippen molar-refractivity contribution in [2.75, 3.05) is 12.4 Å². The number of hydrogen-bond donors (Lipinski definition) is 2. The summed E-state index contributed by atoms with van der Waals surface area (Å²) in [7, 11) is 0. The van der Waals surface area contributed by atoms with Crippen molar-refractivity contribution in [2.24, 2.45) is 0 Å². The van der Waals surface area contributed by atoms with Crippen LogP contribution < -0.4 is 4.33 Å². The summed E-state index contributed by atoms with van der Waals surface area (Å²) < 4.78 is 8.24. The molecule has 0 heterocycles. The molecule has 0 aliphatic heterocycles. The van der Waals surface area contributed by atoms with E-state index in [1.807, 2.05) is 0 Å². The first-order valence-electron chi connectivity index (χ1n) is 9.32. The Balaban J connectivity index is 3.42.